The number of nitrogens with zero attached hydrogens (tertiary/aromatic N) is 6. The van der Waals surface area contributed by atoms with Gasteiger partial charge in [0, 0.05) is 49.2 Å². The molecule has 0 unspecified atom stereocenters. The molecule has 2 N–H and O–H groups in total. The van der Waals surface area contributed by atoms with Gasteiger partial charge in [0.1, 0.15) is 17.0 Å². The molecule has 236 valence electrons. The zero-order valence-corrected chi connectivity index (χ0v) is 27.0. The van der Waals surface area contributed by atoms with Gasteiger partial charge >= 0.3 is 0 Å². The third-order valence-corrected chi connectivity index (χ3v) is 10.2. The molecule has 0 spiro atoms. The smallest absolute Gasteiger partial charge is 0.251 e. The van der Waals surface area contributed by atoms with E-state index >= 15 is 0 Å². The molecule has 2 aliphatic rings. The average Bonchev–Trinajstić information content (AvgIpc) is 3.88. The number of pyridine rings is 2. The normalized spacial score (nSPS) is 15.9. The van der Waals surface area contributed by atoms with Gasteiger partial charge < -0.3 is 10.6 Å². The predicted octanol–water partition coefficient (Wildman–Crippen LogP) is 5.68. The maximum Gasteiger partial charge on any atom is 0.251 e. The van der Waals surface area contributed by atoms with Crippen LogP contribution < -0.4 is 21.5 Å². The number of aromatic nitrogens is 4. The second-order valence-corrected chi connectivity index (χ2v) is 13.3. The number of hydrogen-bond acceptors (Lipinski definition) is 9. The van der Waals surface area contributed by atoms with E-state index in [9.17, 15) is 9.59 Å². The van der Waals surface area contributed by atoms with Gasteiger partial charge in [0.15, 0.2) is 11.5 Å². The maximum absolute atomic E-state index is 12.5. The summed E-state index contributed by atoms with van der Waals surface area (Å²) < 4.78 is 2.07. The lowest BCUT2D eigenvalue weighted by Gasteiger charge is -2.40. The van der Waals surface area contributed by atoms with Gasteiger partial charge in [-0.25, -0.2) is 15.0 Å². The fraction of sp³-hybridized carbons (Fsp3) is 0.270. The van der Waals surface area contributed by atoms with Crippen LogP contribution in [0.25, 0.3) is 39.5 Å². The molecule has 0 radical (unpaired) electrons. The van der Waals surface area contributed by atoms with Crippen molar-refractivity contribution in [3.63, 3.8) is 0 Å². The lowest BCUT2D eigenvalue weighted by Crippen LogP contribution is -2.51. The second-order valence-electron chi connectivity index (χ2n) is 12.5. The van der Waals surface area contributed by atoms with E-state index in [1.54, 1.807) is 6.20 Å². The van der Waals surface area contributed by atoms with Crippen LogP contribution >= 0.6 is 11.8 Å². The molecule has 2 fully saturated rings. The molecule has 8 rings (SSSR count). The quantitative estimate of drug-likeness (QED) is 0.157. The Labute approximate surface area is 276 Å². The largest absolute Gasteiger partial charge is 0.383 e. The number of benzene rings is 2. The van der Waals surface area contributed by atoms with Crippen LogP contribution in [-0.2, 0) is 6.54 Å². The Balaban J connectivity index is 1.04. The number of anilines is 2. The lowest BCUT2D eigenvalue weighted by molar-refractivity contribution is 0.200. The van der Waals surface area contributed by atoms with Gasteiger partial charge in [-0.1, -0.05) is 42.5 Å². The van der Waals surface area contributed by atoms with E-state index in [1.165, 1.54) is 17.3 Å². The standard InChI is InChI=1S/C37H35N7O2S/c1-47-34-31(32(45)33(34)46)43(25-13-14-25)27-17-20-42(21-18-27)22-23-9-11-26(12-10-23)44-36(28-8-5-19-39-35(28)38)41-30-16-15-29(40-37(30)44)24-6-3-2-4-7-24/h2-12,15-16,19,25,27H,13-14,17-18,20-22H2,1H3,(H2,38,39). The van der Waals surface area contributed by atoms with E-state index in [0.29, 0.717) is 34.3 Å². The number of hydrogen-bond donors (Lipinski definition) is 1. The summed E-state index contributed by atoms with van der Waals surface area (Å²) in [5, 5.41) is 0. The molecule has 0 bridgehead atoms. The Bertz CT molecular complexity index is 2140. The molecule has 3 aromatic carbocycles. The van der Waals surface area contributed by atoms with Gasteiger partial charge in [0.2, 0.25) is 5.43 Å². The van der Waals surface area contributed by atoms with Gasteiger partial charge in [0.25, 0.3) is 5.43 Å². The van der Waals surface area contributed by atoms with Crippen LogP contribution in [0.5, 0.6) is 0 Å². The minimum atomic E-state index is -0.314. The zero-order valence-electron chi connectivity index (χ0n) is 26.2. The maximum atomic E-state index is 12.5. The summed E-state index contributed by atoms with van der Waals surface area (Å²) in [7, 11) is 0. The molecule has 1 aliphatic heterocycles. The molecular weight excluding hydrogens is 607 g/mol. The first-order chi connectivity index (χ1) is 23.0. The van der Waals surface area contributed by atoms with Crippen LogP contribution in [-0.4, -0.2) is 55.8 Å². The Hall–Kier alpha value is -4.80. The van der Waals surface area contributed by atoms with E-state index in [0.717, 1.165) is 79.0 Å². The monoisotopic (exact) mass is 641 g/mol. The highest BCUT2D eigenvalue weighted by atomic mass is 32.2. The lowest BCUT2D eigenvalue weighted by atomic mass is 10.00. The van der Waals surface area contributed by atoms with Crippen molar-refractivity contribution in [3.05, 3.63) is 111 Å². The van der Waals surface area contributed by atoms with Crippen molar-refractivity contribution in [2.75, 3.05) is 30.0 Å². The van der Waals surface area contributed by atoms with Crippen LogP contribution in [0.1, 0.15) is 31.2 Å². The van der Waals surface area contributed by atoms with Crippen molar-refractivity contribution < 1.29 is 0 Å². The highest BCUT2D eigenvalue weighted by Gasteiger charge is 2.40. The van der Waals surface area contributed by atoms with E-state index in [1.807, 2.05) is 48.7 Å². The van der Waals surface area contributed by atoms with Gasteiger partial charge in [0.05, 0.1) is 16.2 Å². The predicted molar refractivity (Wildman–Crippen MR) is 189 cm³/mol. The first-order valence-electron chi connectivity index (χ1n) is 16.1. The van der Waals surface area contributed by atoms with Crippen molar-refractivity contribution in [2.24, 2.45) is 0 Å². The van der Waals surface area contributed by atoms with Crippen molar-refractivity contribution in [1.29, 1.82) is 0 Å². The van der Waals surface area contributed by atoms with Crippen LogP contribution in [0.3, 0.4) is 0 Å². The fourth-order valence-corrected chi connectivity index (χ4v) is 7.59. The van der Waals surface area contributed by atoms with Gasteiger partial charge in [-0.3, -0.25) is 19.1 Å². The average molecular weight is 642 g/mol. The summed E-state index contributed by atoms with van der Waals surface area (Å²) in [6.45, 7) is 2.74. The molecule has 10 heteroatoms. The van der Waals surface area contributed by atoms with Gasteiger partial charge in [-0.05, 0) is 73.9 Å². The summed E-state index contributed by atoms with van der Waals surface area (Å²) in [5.41, 5.74) is 12.8. The van der Waals surface area contributed by atoms with E-state index in [2.05, 4.69) is 55.7 Å². The number of piperidine rings is 1. The number of nitrogen functional groups attached to an aromatic ring is 1. The van der Waals surface area contributed by atoms with Crippen LogP contribution in [0.15, 0.2) is 99.5 Å². The highest BCUT2D eigenvalue weighted by Crippen LogP contribution is 2.39. The van der Waals surface area contributed by atoms with Crippen molar-refractivity contribution in [1.82, 2.24) is 24.4 Å². The summed E-state index contributed by atoms with van der Waals surface area (Å²) in [4.78, 5) is 44.5. The number of rotatable bonds is 9. The Morgan fingerprint density at radius 3 is 2.30 bits per heavy atom. The number of likely N-dealkylation sites (tertiary alicyclic amines) is 1. The van der Waals surface area contributed by atoms with E-state index in [4.69, 9.17) is 15.7 Å². The van der Waals surface area contributed by atoms with E-state index < -0.39 is 0 Å². The molecule has 1 saturated heterocycles. The van der Waals surface area contributed by atoms with Gasteiger partial charge in [-0.2, -0.15) is 0 Å². The van der Waals surface area contributed by atoms with E-state index in [-0.39, 0.29) is 10.9 Å². The molecule has 9 nitrogen and oxygen atoms in total. The Kier molecular flexibility index (Phi) is 7.61. The topological polar surface area (TPSA) is 110 Å². The number of thioether (sulfide) groups is 1. The van der Waals surface area contributed by atoms with Crippen LogP contribution in [0.2, 0.25) is 0 Å². The zero-order chi connectivity index (χ0) is 32.1. The molecule has 3 aromatic heterocycles. The van der Waals surface area contributed by atoms with Gasteiger partial charge in [-0.15, -0.1) is 11.8 Å². The first kappa shape index (κ1) is 29.6. The van der Waals surface area contributed by atoms with Crippen molar-refractivity contribution >= 4 is 34.4 Å². The molecule has 0 amide bonds. The minimum Gasteiger partial charge on any atom is -0.383 e. The summed E-state index contributed by atoms with van der Waals surface area (Å²) in [5.74, 6) is 1.12. The molecule has 4 heterocycles. The van der Waals surface area contributed by atoms with Crippen molar-refractivity contribution in [2.45, 2.75) is 49.2 Å². The fourth-order valence-electron chi connectivity index (χ4n) is 6.92. The minimum absolute atomic E-state index is 0.296. The molecular formula is C37H35N7O2S. The SMILES string of the molecule is CSc1c(N(C2CC2)C2CCN(Cc3ccc(-n4c(-c5cccnc5N)nc5ccc(-c6ccccc6)nc54)cc3)CC2)c(=O)c1=O. The second kappa shape index (κ2) is 12.1. The Morgan fingerprint density at radius 2 is 1.60 bits per heavy atom. The third-order valence-electron chi connectivity index (χ3n) is 9.45. The molecule has 1 aliphatic carbocycles. The molecule has 1 saturated carbocycles. The summed E-state index contributed by atoms with van der Waals surface area (Å²) in [6.07, 6.45) is 7.74. The summed E-state index contributed by atoms with van der Waals surface area (Å²) >= 11 is 1.41. The molecule has 0 atom stereocenters. The number of imidazole rings is 1. The third kappa shape index (κ3) is 5.41. The van der Waals surface area contributed by atoms with Crippen molar-refractivity contribution in [3.8, 4) is 28.3 Å². The van der Waals surface area contributed by atoms with Crippen LogP contribution in [0.4, 0.5) is 11.5 Å². The molecule has 6 aromatic rings. The highest BCUT2D eigenvalue weighted by molar-refractivity contribution is 7.98. The Morgan fingerprint density at radius 1 is 0.851 bits per heavy atom. The molecule has 47 heavy (non-hydrogen) atoms. The number of nitrogens with two attached hydrogens (primary N) is 1. The first-order valence-corrected chi connectivity index (χ1v) is 17.4. The summed E-state index contributed by atoms with van der Waals surface area (Å²) in [6, 6.07) is 27.3. The van der Waals surface area contributed by atoms with Crippen LogP contribution in [0, 0.1) is 0 Å². The number of fused-ring (bicyclic) bond motifs is 1.